The molecule has 0 aromatic rings. The molecule has 0 amide bonds. The van der Waals surface area contributed by atoms with E-state index in [0.29, 0.717) is 19.3 Å². The van der Waals surface area contributed by atoms with Crippen LogP contribution in [-0.2, 0) is 28.2 Å². The number of ether oxygens (including phenoxy) is 2. The van der Waals surface area contributed by atoms with E-state index < -0.39 is 32.5 Å². The van der Waals surface area contributed by atoms with Crippen LogP contribution in [0.1, 0.15) is 168 Å². The van der Waals surface area contributed by atoms with Crippen LogP contribution in [0.4, 0.5) is 0 Å². The van der Waals surface area contributed by atoms with Crippen molar-refractivity contribution in [2.24, 2.45) is 0 Å². The van der Waals surface area contributed by atoms with E-state index in [9.17, 15) is 19.3 Å². The minimum absolute atomic E-state index is 0.178. The van der Waals surface area contributed by atoms with Crippen molar-refractivity contribution >= 4 is 19.8 Å². The number of carbonyl (C=O) groups excluding carboxylic acids is 2. The van der Waals surface area contributed by atoms with Crippen LogP contribution in [0.15, 0.2) is 48.6 Å². The molecule has 9 nitrogen and oxygen atoms in total. The van der Waals surface area contributed by atoms with Crippen molar-refractivity contribution in [2.45, 2.75) is 180 Å². The lowest BCUT2D eigenvalue weighted by atomic mass is 10.0. The zero-order valence-electron chi connectivity index (χ0n) is 31.4. The highest BCUT2D eigenvalue weighted by Gasteiger charge is 2.22. The summed E-state index contributed by atoms with van der Waals surface area (Å²) in [6, 6.07) is 0. The Morgan fingerprint density at radius 2 is 1.06 bits per heavy atom. The molecule has 0 rings (SSSR count). The van der Waals surface area contributed by atoms with E-state index in [2.05, 4.69) is 47.9 Å². The molecule has 290 valence electrons. The van der Waals surface area contributed by atoms with Crippen molar-refractivity contribution in [1.82, 2.24) is 0 Å². The predicted octanol–water partition coefficient (Wildman–Crippen LogP) is 10.5. The number of rotatable bonds is 35. The van der Waals surface area contributed by atoms with E-state index in [1.165, 1.54) is 64.2 Å². The van der Waals surface area contributed by atoms with Crippen LogP contribution in [0.25, 0.3) is 0 Å². The summed E-state index contributed by atoms with van der Waals surface area (Å²) in [6.45, 7) is 3.35. The lowest BCUT2D eigenvalue weighted by Gasteiger charge is -2.18. The second kappa shape index (κ2) is 35.4. The summed E-state index contributed by atoms with van der Waals surface area (Å²) in [5.74, 6) is -0.968. The molecule has 50 heavy (non-hydrogen) atoms. The Kier molecular flexibility index (Phi) is 33.9. The topological polar surface area (TPSA) is 140 Å². The minimum Gasteiger partial charge on any atom is -0.462 e. The maximum atomic E-state index is 12.4. The Morgan fingerprint density at radius 1 is 0.600 bits per heavy atom. The summed E-state index contributed by atoms with van der Waals surface area (Å²) in [5.41, 5.74) is 0. The molecule has 3 N–H and O–H groups in total. The maximum Gasteiger partial charge on any atom is 0.469 e. The monoisotopic (exact) mass is 726 g/mol. The van der Waals surface area contributed by atoms with Gasteiger partial charge in [-0.3, -0.25) is 14.1 Å². The van der Waals surface area contributed by atoms with Crippen LogP contribution in [0.5, 0.6) is 0 Å². The zero-order chi connectivity index (χ0) is 37.0. The van der Waals surface area contributed by atoms with Gasteiger partial charge >= 0.3 is 19.8 Å². The second-order valence-electron chi connectivity index (χ2n) is 13.1. The van der Waals surface area contributed by atoms with Crippen molar-refractivity contribution in [3.63, 3.8) is 0 Å². The molecule has 10 heteroatoms. The van der Waals surface area contributed by atoms with Crippen molar-refractivity contribution in [3.05, 3.63) is 48.6 Å². The molecule has 0 radical (unpaired) electrons. The molecule has 0 saturated carbocycles. The number of aliphatic hydroxyl groups excluding tert-OH is 1. The lowest BCUT2D eigenvalue weighted by Crippen LogP contribution is -2.29. The highest BCUT2D eigenvalue weighted by Crippen LogP contribution is 2.36. The first-order valence-corrected chi connectivity index (χ1v) is 21.0. The normalized spacial score (nSPS) is 13.6. The van der Waals surface area contributed by atoms with Gasteiger partial charge in [0.1, 0.15) is 6.61 Å². The van der Waals surface area contributed by atoms with Crippen LogP contribution in [-0.4, -0.2) is 52.3 Å². The fourth-order valence-electron chi connectivity index (χ4n) is 5.17. The molecule has 2 atom stereocenters. The van der Waals surface area contributed by atoms with Crippen molar-refractivity contribution in [3.8, 4) is 0 Å². The Balaban J connectivity index is 4.06. The molecule has 0 aliphatic heterocycles. The van der Waals surface area contributed by atoms with Crippen LogP contribution in [0, 0.1) is 0 Å². The molecular formula is C40H71O9P. The summed E-state index contributed by atoms with van der Waals surface area (Å²) >= 11 is 0. The average molecular weight is 727 g/mol. The number of allylic oxidation sites excluding steroid dienone is 8. The smallest absolute Gasteiger partial charge is 0.462 e. The van der Waals surface area contributed by atoms with E-state index in [4.69, 9.17) is 19.3 Å². The van der Waals surface area contributed by atoms with Crippen LogP contribution >= 0.6 is 7.82 Å². The van der Waals surface area contributed by atoms with Crippen LogP contribution in [0.2, 0.25) is 0 Å². The van der Waals surface area contributed by atoms with E-state index in [0.717, 1.165) is 57.8 Å². The molecule has 0 aromatic carbocycles. The standard InChI is InChI=1S/C40H71O9P/c1-3-5-6-7-8-9-10-11-15-19-22-25-28-31-34-40(43)49-38(36-48-50(44,45)46)35-47-39(42)33-30-27-24-21-18-16-13-12-14-17-20-23-26-29-32-37(41)4-2/h13-14,16-17,21,23-24,26,37-38,41H,3-12,15,18-20,22,25,27-36H2,1-2H3,(H2,44,45,46)/b16-13-,17-14-,24-21-,26-23-/t37-,38+/m0/s1. The fourth-order valence-corrected chi connectivity index (χ4v) is 5.53. The van der Waals surface area contributed by atoms with Gasteiger partial charge in [0.05, 0.1) is 12.7 Å². The van der Waals surface area contributed by atoms with E-state index in [1.807, 2.05) is 19.1 Å². The number of hydrogen-bond donors (Lipinski definition) is 3. The number of carbonyl (C=O) groups is 2. The fraction of sp³-hybridized carbons (Fsp3) is 0.750. The molecule has 0 aliphatic rings. The van der Waals surface area contributed by atoms with Crippen molar-refractivity contribution < 1.29 is 43.0 Å². The zero-order valence-corrected chi connectivity index (χ0v) is 32.3. The highest BCUT2D eigenvalue weighted by atomic mass is 31.2. The number of unbranched alkanes of at least 4 members (excludes halogenated alkanes) is 14. The summed E-state index contributed by atoms with van der Waals surface area (Å²) in [6.07, 6.45) is 39.2. The molecule has 0 aromatic heterocycles. The van der Waals surface area contributed by atoms with Gasteiger partial charge < -0.3 is 24.4 Å². The van der Waals surface area contributed by atoms with Gasteiger partial charge in [0.2, 0.25) is 0 Å². The van der Waals surface area contributed by atoms with Crippen molar-refractivity contribution in [1.29, 1.82) is 0 Å². The van der Waals surface area contributed by atoms with E-state index in [1.54, 1.807) is 0 Å². The number of hydrogen-bond acceptors (Lipinski definition) is 7. The van der Waals surface area contributed by atoms with Gasteiger partial charge in [-0.2, -0.15) is 0 Å². The summed E-state index contributed by atoms with van der Waals surface area (Å²) in [4.78, 5) is 42.7. The Labute approximate surface area is 304 Å². The summed E-state index contributed by atoms with van der Waals surface area (Å²) < 4.78 is 26.3. The third-order valence-corrected chi connectivity index (χ3v) is 8.75. The number of aliphatic hydroxyl groups is 1. The van der Waals surface area contributed by atoms with Gasteiger partial charge in [-0.05, 0) is 57.8 Å². The SMILES string of the molecule is CCCCCCCCCCCCCCCCC(=O)O[C@H](COC(=O)CCC/C=C\C/C=C\C/C=C\C/C=C\CC[C@@H](O)CC)COP(=O)(O)O. The highest BCUT2D eigenvalue weighted by molar-refractivity contribution is 7.46. The molecule has 0 heterocycles. The quantitative estimate of drug-likeness (QED) is 0.0252. The number of esters is 2. The van der Waals surface area contributed by atoms with Crippen molar-refractivity contribution in [2.75, 3.05) is 13.2 Å². The predicted molar refractivity (Wildman–Crippen MR) is 204 cm³/mol. The summed E-state index contributed by atoms with van der Waals surface area (Å²) in [5, 5.41) is 9.53. The largest absolute Gasteiger partial charge is 0.469 e. The van der Waals surface area contributed by atoms with Gasteiger partial charge in [0, 0.05) is 12.8 Å². The first-order valence-electron chi connectivity index (χ1n) is 19.5. The van der Waals surface area contributed by atoms with Gasteiger partial charge in [-0.15, -0.1) is 0 Å². The third kappa shape index (κ3) is 37.2. The molecule has 0 bridgehead atoms. The molecule has 0 aliphatic carbocycles. The average Bonchev–Trinajstić information content (AvgIpc) is 3.08. The third-order valence-electron chi connectivity index (χ3n) is 8.26. The second-order valence-corrected chi connectivity index (χ2v) is 14.3. The Bertz CT molecular complexity index is 970. The molecule has 0 fully saturated rings. The lowest BCUT2D eigenvalue weighted by molar-refractivity contribution is -0.161. The Morgan fingerprint density at radius 3 is 1.56 bits per heavy atom. The Hall–Kier alpha value is -2.03. The first kappa shape index (κ1) is 48.0. The van der Waals surface area contributed by atoms with Gasteiger partial charge in [0.25, 0.3) is 0 Å². The van der Waals surface area contributed by atoms with Gasteiger partial charge in [-0.1, -0.05) is 146 Å². The van der Waals surface area contributed by atoms with Gasteiger partial charge in [-0.25, -0.2) is 4.57 Å². The number of phosphoric ester groups is 1. The van der Waals surface area contributed by atoms with Gasteiger partial charge in [0.15, 0.2) is 6.10 Å². The maximum absolute atomic E-state index is 12.4. The molecule has 0 spiro atoms. The molecule has 0 unspecified atom stereocenters. The number of phosphoric acid groups is 1. The molecular weight excluding hydrogens is 655 g/mol. The summed E-state index contributed by atoms with van der Waals surface area (Å²) in [7, 11) is -4.77. The van der Waals surface area contributed by atoms with E-state index >= 15 is 0 Å². The van der Waals surface area contributed by atoms with Crippen LogP contribution in [0.3, 0.4) is 0 Å². The van der Waals surface area contributed by atoms with Crippen LogP contribution < -0.4 is 0 Å². The minimum atomic E-state index is -4.77. The van der Waals surface area contributed by atoms with E-state index in [-0.39, 0.29) is 25.6 Å². The molecule has 0 saturated heterocycles. The first-order chi connectivity index (χ1) is 24.2.